The standard InChI is InChI=1S/C37H53ClN4O.C2H7N/c1-5-28(2)22-36-26-41(20-8-12-31-16-17-34(38)23-29(31)3)35(13-9-19-40(4)21-18-39)27-42(36)37(43)25-30-14-15-32-10-6-7-11-33(32)24-30;1-3-2/h6-7,10-11,14-17,23-24,28,35-36H,5,8-9,12-13,18-22,25-27,39H2,1-4H3;3H,1-2H3/t28?,35?,36-;/m1./s1. The van der Waals surface area contributed by atoms with Crippen LogP contribution in [0.2, 0.25) is 5.02 Å². The number of amides is 1. The Morgan fingerprint density at radius 2 is 1.76 bits per heavy atom. The van der Waals surface area contributed by atoms with Crippen molar-refractivity contribution >= 4 is 28.3 Å². The fourth-order valence-electron chi connectivity index (χ4n) is 6.66. The van der Waals surface area contributed by atoms with Crippen LogP contribution in [0.3, 0.4) is 0 Å². The summed E-state index contributed by atoms with van der Waals surface area (Å²) in [6.07, 6.45) is 7.00. The van der Waals surface area contributed by atoms with Gasteiger partial charge in [-0.15, -0.1) is 0 Å². The Morgan fingerprint density at radius 1 is 1.02 bits per heavy atom. The summed E-state index contributed by atoms with van der Waals surface area (Å²) in [4.78, 5) is 21.3. The number of fused-ring (bicyclic) bond motifs is 1. The van der Waals surface area contributed by atoms with Crippen LogP contribution in [0.1, 0.15) is 62.6 Å². The van der Waals surface area contributed by atoms with Gasteiger partial charge in [0.1, 0.15) is 0 Å². The van der Waals surface area contributed by atoms with E-state index in [-0.39, 0.29) is 11.9 Å². The van der Waals surface area contributed by atoms with Crippen molar-refractivity contribution < 1.29 is 4.79 Å². The predicted molar refractivity (Wildman–Crippen MR) is 198 cm³/mol. The Labute approximate surface area is 284 Å². The lowest BCUT2D eigenvalue weighted by atomic mass is 9.92. The van der Waals surface area contributed by atoms with Gasteiger partial charge in [0.2, 0.25) is 5.91 Å². The second-order valence-electron chi connectivity index (χ2n) is 13.4. The molecule has 1 amide bonds. The van der Waals surface area contributed by atoms with Crippen molar-refractivity contribution in [2.75, 3.05) is 60.4 Å². The third-order valence-corrected chi connectivity index (χ3v) is 9.69. The lowest BCUT2D eigenvalue weighted by Gasteiger charge is -2.47. The molecule has 1 saturated heterocycles. The first-order chi connectivity index (χ1) is 22.2. The predicted octanol–water partition coefficient (Wildman–Crippen LogP) is 6.80. The molecule has 1 aliphatic heterocycles. The van der Waals surface area contributed by atoms with Crippen LogP contribution in [0.15, 0.2) is 60.7 Å². The second kappa shape index (κ2) is 20.0. The Hall–Kier alpha value is -2.48. The number of nitrogens with two attached hydrogens (primary N) is 1. The number of rotatable bonds is 15. The molecule has 0 saturated carbocycles. The second-order valence-corrected chi connectivity index (χ2v) is 13.8. The quantitative estimate of drug-likeness (QED) is 0.190. The lowest BCUT2D eigenvalue weighted by Crippen LogP contribution is -2.60. The van der Waals surface area contributed by atoms with Gasteiger partial charge >= 0.3 is 0 Å². The van der Waals surface area contributed by atoms with Gasteiger partial charge in [-0.25, -0.2) is 0 Å². The van der Waals surface area contributed by atoms with Crippen molar-refractivity contribution in [3.63, 3.8) is 0 Å². The number of nitrogens with zero attached hydrogens (tertiary/aromatic N) is 3. The molecule has 0 spiro atoms. The van der Waals surface area contributed by atoms with Gasteiger partial charge < -0.3 is 20.9 Å². The van der Waals surface area contributed by atoms with Crippen LogP contribution in [-0.2, 0) is 17.6 Å². The topological polar surface area (TPSA) is 64.8 Å². The number of carbonyl (C=O) groups excluding carboxylic acids is 1. The van der Waals surface area contributed by atoms with Gasteiger partial charge in [-0.05, 0) is 119 Å². The number of nitrogens with one attached hydrogen (secondary N) is 1. The van der Waals surface area contributed by atoms with E-state index in [4.69, 9.17) is 17.3 Å². The number of halogens is 1. The van der Waals surface area contributed by atoms with E-state index in [1.54, 1.807) is 0 Å². The Bertz CT molecular complexity index is 1330. The maximum atomic E-state index is 14.0. The molecule has 3 atom stereocenters. The lowest BCUT2D eigenvalue weighted by molar-refractivity contribution is -0.138. The van der Waals surface area contributed by atoms with E-state index in [1.807, 2.05) is 20.2 Å². The molecule has 6 nitrogen and oxygen atoms in total. The van der Waals surface area contributed by atoms with Crippen molar-refractivity contribution in [3.05, 3.63) is 82.4 Å². The van der Waals surface area contributed by atoms with Crippen LogP contribution in [0, 0.1) is 12.8 Å². The largest absolute Gasteiger partial charge is 0.337 e. The maximum Gasteiger partial charge on any atom is 0.227 e. The highest BCUT2D eigenvalue weighted by molar-refractivity contribution is 6.30. The molecule has 3 aromatic carbocycles. The third-order valence-electron chi connectivity index (χ3n) is 9.45. The first kappa shape index (κ1) is 38.0. The van der Waals surface area contributed by atoms with Gasteiger partial charge in [0, 0.05) is 43.3 Å². The van der Waals surface area contributed by atoms with Gasteiger partial charge in [-0.2, -0.15) is 0 Å². The average molecular weight is 650 g/mol. The molecule has 1 fully saturated rings. The highest BCUT2D eigenvalue weighted by Crippen LogP contribution is 2.27. The summed E-state index contributed by atoms with van der Waals surface area (Å²) >= 11 is 6.22. The van der Waals surface area contributed by atoms with Crippen molar-refractivity contribution in [2.45, 2.75) is 77.8 Å². The van der Waals surface area contributed by atoms with E-state index in [2.05, 4.69) is 102 Å². The van der Waals surface area contributed by atoms with Crippen LogP contribution in [0.4, 0.5) is 0 Å². The molecule has 46 heavy (non-hydrogen) atoms. The molecule has 0 bridgehead atoms. The number of hydrogen-bond donors (Lipinski definition) is 2. The summed E-state index contributed by atoms with van der Waals surface area (Å²) in [5.74, 6) is 0.853. The summed E-state index contributed by atoms with van der Waals surface area (Å²) in [6.45, 7) is 12.2. The van der Waals surface area contributed by atoms with Crippen molar-refractivity contribution in [2.24, 2.45) is 11.7 Å². The molecule has 0 aliphatic carbocycles. The minimum Gasteiger partial charge on any atom is -0.337 e. The molecule has 254 valence electrons. The van der Waals surface area contributed by atoms with Crippen LogP contribution in [0.25, 0.3) is 10.8 Å². The Kier molecular flexibility index (Phi) is 16.5. The zero-order chi connectivity index (χ0) is 33.5. The minimum absolute atomic E-state index is 0.247. The number of piperazine rings is 1. The van der Waals surface area contributed by atoms with Crippen molar-refractivity contribution in [1.29, 1.82) is 0 Å². The molecule has 0 aromatic heterocycles. The zero-order valence-electron chi connectivity index (χ0n) is 29.4. The van der Waals surface area contributed by atoms with Gasteiger partial charge in [-0.1, -0.05) is 80.4 Å². The number of likely N-dealkylation sites (N-methyl/N-ethyl adjacent to an activating group) is 1. The molecule has 3 aromatic rings. The van der Waals surface area contributed by atoms with Crippen LogP contribution in [-0.4, -0.2) is 93.1 Å². The van der Waals surface area contributed by atoms with Crippen LogP contribution in [0.5, 0.6) is 0 Å². The summed E-state index contributed by atoms with van der Waals surface area (Å²) in [5, 5.41) is 5.97. The Morgan fingerprint density at radius 3 is 2.46 bits per heavy atom. The highest BCUT2D eigenvalue weighted by Gasteiger charge is 2.36. The summed E-state index contributed by atoms with van der Waals surface area (Å²) in [5.41, 5.74) is 9.55. The number of aryl methyl sites for hydroxylation is 2. The molecule has 0 radical (unpaired) electrons. The minimum atomic E-state index is 0.247. The van der Waals surface area contributed by atoms with E-state index >= 15 is 0 Å². The van der Waals surface area contributed by atoms with E-state index in [9.17, 15) is 4.79 Å². The summed E-state index contributed by atoms with van der Waals surface area (Å²) < 4.78 is 0. The monoisotopic (exact) mass is 649 g/mol. The number of hydrogen-bond acceptors (Lipinski definition) is 5. The summed E-state index contributed by atoms with van der Waals surface area (Å²) in [6, 6.07) is 21.7. The molecule has 1 aliphatic rings. The van der Waals surface area contributed by atoms with E-state index < -0.39 is 0 Å². The van der Waals surface area contributed by atoms with Gasteiger partial charge in [0.25, 0.3) is 0 Å². The third kappa shape index (κ3) is 12.0. The normalized spacial score (nSPS) is 17.6. The SMILES string of the molecule is CCC(C)C[C@@H]1CN(CCCc2ccc(Cl)cc2C)C(CCCN(C)CCN)CN1C(=O)Cc1ccc2ccccc2c1.CNC. The van der Waals surface area contributed by atoms with Crippen LogP contribution < -0.4 is 11.1 Å². The van der Waals surface area contributed by atoms with E-state index in [0.717, 1.165) is 81.8 Å². The van der Waals surface area contributed by atoms with E-state index in [0.29, 0.717) is 24.9 Å². The molecule has 3 N–H and O–H groups in total. The molecular weight excluding hydrogens is 590 g/mol. The average Bonchev–Trinajstić information content (AvgIpc) is 3.03. The molecule has 1 heterocycles. The Balaban J connectivity index is 0.00000185. The van der Waals surface area contributed by atoms with Crippen molar-refractivity contribution in [3.8, 4) is 0 Å². The maximum absolute atomic E-state index is 14.0. The van der Waals surface area contributed by atoms with Gasteiger partial charge in [0.05, 0.1) is 6.42 Å². The summed E-state index contributed by atoms with van der Waals surface area (Å²) in [7, 11) is 5.90. The number of carbonyl (C=O) groups is 1. The molecule has 7 heteroatoms. The van der Waals surface area contributed by atoms with Gasteiger partial charge in [-0.3, -0.25) is 9.69 Å². The smallest absolute Gasteiger partial charge is 0.227 e. The highest BCUT2D eigenvalue weighted by atomic mass is 35.5. The first-order valence-electron chi connectivity index (χ1n) is 17.4. The van der Waals surface area contributed by atoms with Crippen molar-refractivity contribution in [1.82, 2.24) is 20.0 Å². The molecular formula is C39H60ClN5O. The van der Waals surface area contributed by atoms with E-state index in [1.165, 1.54) is 21.9 Å². The zero-order valence-corrected chi connectivity index (χ0v) is 30.2. The van der Waals surface area contributed by atoms with Crippen LogP contribution >= 0.6 is 11.6 Å². The first-order valence-corrected chi connectivity index (χ1v) is 17.8. The number of benzene rings is 3. The molecule has 2 unspecified atom stereocenters. The van der Waals surface area contributed by atoms with Gasteiger partial charge in [0.15, 0.2) is 0 Å². The molecule has 4 rings (SSSR count). The fourth-order valence-corrected chi connectivity index (χ4v) is 6.89. The fraction of sp³-hybridized carbons (Fsp3) is 0.564.